The summed E-state index contributed by atoms with van der Waals surface area (Å²) in [5.74, 6) is 1.48. The standard InChI is InChI=1S/C12H16O3/c1-10(13-2)8-15-9-11-4-6-12(14-3)7-5-11/h4-7H,1,8-9H2,2-3H3. The second-order valence-corrected chi connectivity index (χ2v) is 3.08. The highest BCUT2D eigenvalue weighted by atomic mass is 16.5. The third kappa shape index (κ3) is 4.04. The molecule has 1 aromatic carbocycles. The first-order valence-corrected chi connectivity index (χ1v) is 4.68. The van der Waals surface area contributed by atoms with Crippen LogP contribution < -0.4 is 4.74 Å². The molecule has 0 heterocycles. The minimum Gasteiger partial charge on any atom is -0.499 e. The molecule has 0 saturated heterocycles. The Balaban J connectivity index is 2.34. The summed E-state index contributed by atoms with van der Waals surface area (Å²) in [5.41, 5.74) is 1.10. The van der Waals surface area contributed by atoms with Gasteiger partial charge in [-0.2, -0.15) is 0 Å². The maximum Gasteiger partial charge on any atom is 0.118 e. The molecule has 0 saturated carbocycles. The van der Waals surface area contributed by atoms with E-state index >= 15 is 0 Å². The van der Waals surface area contributed by atoms with Crippen molar-refractivity contribution in [2.45, 2.75) is 6.61 Å². The largest absolute Gasteiger partial charge is 0.499 e. The van der Waals surface area contributed by atoms with Gasteiger partial charge in [0, 0.05) is 0 Å². The van der Waals surface area contributed by atoms with Gasteiger partial charge in [0.15, 0.2) is 0 Å². The van der Waals surface area contributed by atoms with E-state index < -0.39 is 0 Å². The van der Waals surface area contributed by atoms with Gasteiger partial charge in [0.25, 0.3) is 0 Å². The third-order valence-corrected chi connectivity index (χ3v) is 1.98. The van der Waals surface area contributed by atoms with Gasteiger partial charge < -0.3 is 14.2 Å². The third-order valence-electron chi connectivity index (χ3n) is 1.98. The van der Waals surface area contributed by atoms with Crippen molar-refractivity contribution < 1.29 is 14.2 Å². The first-order valence-electron chi connectivity index (χ1n) is 4.68. The topological polar surface area (TPSA) is 27.7 Å². The van der Waals surface area contributed by atoms with Crippen LogP contribution in [0.25, 0.3) is 0 Å². The van der Waals surface area contributed by atoms with Crippen LogP contribution in [0, 0.1) is 0 Å². The number of hydrogen-bond donors (Lipinski definition) is 0. The van der Waals surface area contributed by atoms with Crippen LogP contribution >= 0.6 is 0 Å². The van der Waals surface area contributed by atoms with Crippen LogP contribution in [0.2, 0.25) is 0 Å². The molecule has 0 atom stereocenters. The van der Waals surface area contributed by atoms with Gasteiger partial charge in [0.05, 0.1) is 20.8 Å². The average Bonchev–Trinajstić information content (AvgIpc) is 2.29. The molecule has 0 aliphatic rings. The lowest BCUT2D eigenvalue weighted by molar-refractivity contribution is 0.104. The summed E-state index contributed by atoms with van der Waals surface area (Å²) in [7, 11) is 3.23. The monoisotopic (exact) mass is 208 g/mol. The van der Waals surface area contributed by atoms with Gasteiger partial charge in [0.1, 0.15) is 18.1 Å². The van der Waals surface area contributed by atoms with Crippen LogP contribution in [0.1, 0.15) is 5.56 Å². The summed E-state index contributed by atoms with van der Waals surface area (Å²) in [5, 5.41) is 0. The van der Waals surface area contributed by atoms with E-state index in [1.54, 1.807) is 14.2 Å². The van der Waals surface area contributed by atoms with E-state index in [1.165, 1.54) is 0 Å². The SMILES string of the molecule is C=C(COCc1ccc(OC)cc1)OC. The molecule has 0 bridgehead atoms. The van der Waals surface area contributed by atoms with Gasteiger partial charge in [-0.05, 0) is 17.7 Å². The molecule has 15 heavy (non-hydrogen) atoms. The van der Waals surface area contributed by atoms with E-state index in [9.17, 15) is 0 Å². The maximum absolute atomic E-state index is 5.38. The average molecular weight is 208 g/mol. The predicted octanol–water partition coefficient (Wildman–Crippen LogP) is 2.37. The van der Waals surface area contributed by atoms with Crippen LogP contribution in [0.5, 0.6) is 5.75 Å². The Hall–Kier alpha value is -1.48. The van der Waals surface area contributed by atoms with E-state index in [4.69, 9.17) is 14.2 Å². The Bertz CT molecular complexity index is 303. The van der Waals surface area contributed by atoms with E-state index in [1.807, 2.05) is 24.3 Å². The smallest absolute Gasteiger partial charge is 0.118 e. The Labute approximate surface area is 90.3 Å². The first-order chi connectivity index (χ1) is 7.26. The highest BCUT2D eigenvalue weighted by Crippen LogP contribution is 2.12. The van der Waals surface area contributed by atoms with Gasteiger partial charge in [0.2, 0.25) is 0 Å². The molecule has 1 rings (SSSR count). The lowest BCUT2D eigenvalue weighted by Gasteiger charge is -2.06. The van der Waals surface area contributed by atoms with E-state index in [2.05, 4.69) is 6.58 Å². The van der Waals surface area contributed by atoms with E-state index in [0.717, 1.165) is 11.3 Å². The van der Waals surface area contributed by atoms with Crippen molar-refractivity contribution in [2.75, 3.05) is 20.8 Å². The summed E-state index contributed by atoms with van der Waals surface area (Å²) >= 11 is 0. The van der Waals surface area contributed by atoms with Crippen molar-refractivity contribution in [2.24, 2.45) is 0 Å². The zero-order valence-electron chi connectivity index (χ0n) is 9.16. The predicted molar refractivity (Wildman–Crippen MR) is 58.8 cm³/mol. The molecule has 0 aromatic heterocycles. The normalized spacial score (nSPS) is 9.73. The lowest BCUT2D eigenvalue weighted by Crippen LogP contribution is -1.99. The minimum absolute atomic E-state index is 0.419. The molecule has 1 aromatic rings. The zero-order valence-corrected chi connectivity index (χ0v) is 9.16. The molecule has 0 aliphatic heterocycles. The maximum atomic E-state index is 5.38. The Kier molecular flexibility index (Phi) is 4.71. The van der Waals surface area contributed by atoms with Gasteiger partial charge in [-0.25, -0.2) is 0 Å². The fourth-order valence-corrected chi connectivity index (χ4v) is 1.06. The van der Waals surface area contributed by atoms with Crippen LogP contribution in [0.3, 0.4) is 0 Å². The second kappa shape index (κ2) is 6.09. The van der Waals surface area contributed by atoms with Crippen molar-refractivity contribution in [3.63, 3.8) is 0 Å². The summed E-state index contributed by atoms with van der Waals surface area (Å²) in [6.07, 6.45) is 0. The summed E-state index contributed by atoms with van der Waals surface area (Å²) in [6, 6.07) is 7.75. The highest BCUT2D eigenvalue weighted by molar-refractivity contribution is 5.26. The molecular weight excluding hydrogens is 192 g/mol. The molecule has 3 heteroatoms. The first kappa shape index (κ1) is 11.6. The van der Waals surface area contributed by atoms with Gasteiger partial charge in [-0.3, -0.25) is 0 Å². The molecule has 3 nitrogen and oxygen atoms in total. The van der Waals surface area contributed by atoms with Crippen molar-refractivity contribution in [3.8, 4) is 5.75 Å². The van der Waals surface area contributed by atoms with Gasteiger partial charge in [-0.15, -0.1) is 0 Å². The molecule has 0 aliphatic carbocycles. The Morgan fingerprint density at radius 3 is 2.40 bits per heavy atom. The molecule has 0 amide bonds. The van der Waals surface area contributed by atoms with Crippen molar-refractivity contribution in [1.29, 1.82) is 0 Å². The quantitative estimate of drug-likeness (QED) is 0.672. The molecule has 0 unspecified atom stereocenters. The van der Waals surface area contributed by atoms with Crippen LogP contribution in [0.4, 0.5) is 0 Å². The van der Waals surface area contributed by atoms with Crippen LogP contribution in [-0.2, 0) is 16.1 Å². The number of benzene rings is 1. The molecule has 0 N–H and O–H groups in total. The zero-order chi connectivity index (χ0) is 11.1. The van der Waals surface area contributed by atoms with Crippen molar-refractivity contribution in [1.82, 2.24) is 0 Å². The van der Waals surface area contributed by atoms with Crippen molar-refractivity contribution in [3.05, 3.63) is 42.2 Å². The molecule has 0 radical (unpaired) electrons. The Morgan fingerprint density at radius 2 is 1.87 bits per heavy atom. The molecular formula is C12H16O3. The van der Waals surface area contributed by atoms with Crippen molar-refractivity contribution >= 4 is 0 Å². The molecule has 82 valence electrons. The minimum atomic E-state index is 0.419. The summed E-state index contributed by atoms with van der Waals surface area (Å²) in [6.45, 7) is 4.63. The fourth-order valence-electron chi connectivity index (χ4n) is 1.06. The van der Waals surface area contributed by atoms with Gasteiger partial charge in [-0.1, -0.05) is 18.7 Å². The highest BCUT2D eigenvalue weighted by Gasteiger charge is 1.96. The fraction of sp³-hybridized carbons (Fsp3) is 0.333. The molecule has 0 fully saturated rings. The van der Waals surface area contributed by atoms with Crippen LogP contribution in [0.15, 0.2) is 36.6 Å². The summed E-state index contributed by atoms with van der Waals surface area (Å²) < 4.78 is 15.3. The van der Waals surface area contributed by atoms with E-state index in [0.29, 0.717) is 19.0 Å². The molecule has 0 spiro atoms. The number of hydrogen-bond acceptors (Lipinski definition) is 3. The Morgan fingerprint density at radius 1 is 1.20 bits per heavy atom. The van der Waals surface area contributed by atoms with E-state index in [-0.39, 0.29) is 0 Å². The number of ether oxygens (including phenoxy) is 3. The lowest BCUT2D eigenvalue weighted by atomic mass is 10.2. The second-order valence-electron chi connectivity index (χ2n) is 3.08. The summed E-state index contributed by atoms with van der Waals surface area (Å²) in [4.78, 5) is 0. The number of rotatable bonds is 6. The van der Waals surface area contributed by atoms with Gasteiger partial charge >= 0.3 is 0 Å². The number of methoxy groups -OCH3 is 2. The van der Waals surface area contributed by atoms with Crippen LogP contribution in [-0.4, -0.2) is 20.8 Å².